The molecule has 100 valence electrons. The molecular formula is C12H17NO4S. The minimum atomic E-state index is -3.01. The predicted octanol–water partition coefficient (Wildman–Crippen LogP) is 0.762. The summed E-state index contributed by atoms with van der Waals surface area (Å²) >= 11 is 0. The van der Waals surface area contributed by atoms with Crippen LogP contribution in [-0.4, -0.2) is 31.9 Å². The van der Waals surface area contributed by atoms with Crippen LogP contribution in [0.5, 0.6) is 0 Å². The molecule has 2 atom stereocenters. The summed E-state index contributed by atoms with van der Waals surface area (Å²) in [6.45, 7) is 1.88. The zero-order chi connectivity index (χ0) is 13.2. The molecule has 1 aliphatic heterocycles. The number of carbonyl (C=O) groups is 1. The molecular weight excluding hydrogens is 254 g/mol. The van der Waals surface area contributed by atoms with Gasteiger partial charge < -0.3 is 9.73 Å². The van der Waals surface area contributed by atoms with Crippen molar-refractivity contribution in [3.8, 4) is 0 Å². The molecule has 18 heavy (non-hydrogen) atoms. The minimum Gasteiger partial charge on any atom is -0.469 e. The van der Waals surface area contributed by atoms with Crippen LogP contribution < -0.4 is 5.32 Å². The van der Waals surface area contributed by atoms with Crippen molar-refractivity contribution in [2.45, 2.75) is 25.8 Å². The fourth-order valence-electron chi connectivity index (χ4n) is 2.14. The van der Waals surface area contributed by atoms with E-state index in [2.05, 4.69) is 5.32 Å². The van der Waals surface area contributed by atoms with Crippen molar-refractivity contribution in [1.29, 1.82) is 0 Å². The third-order valence-corrected chi connectivity index (χ3v) is 4.85. The highest BCUT2D eigenvalue weighted by Crippen LogP contribution is 2.18. The first-order valence-corrected chi connectivity index (χ1v) is 7.81. The van der Waals surface area contributed by atoms with Crippen LogP contribution in [0.1, 0.15) is 19.1 Å². The Bertz CT molecular complexity index is 506. The molecule has 1 amide bonds. The van der Waals surface area contributed by atoms with Gasteiger partial charge in [0.05, 0.1) is 23.7 Å². The van der Waals surface area contributed by atoms with Gasteiger partial charge in [-0.15, -0.1) is 0 Å². The Morgan fingerprint density at radius 1 is 1.61 bits per heavy atom. The van der Waals surface area contributed by atoms with E-state index in [0.717, 1.165) is 5.76 Å². The maximum Gasteiger partial charge on any atom is 0.224 e. The van der Waals surface area contributed by atoms with Crippen LogP contribution in [-0.2, 0) is 21.1 Å². The van der Waals surface area contributed by atoms with Crippen LogP contribution in [0.3, 0.4) is 0 Å². The monoisotopic (exact) mass is 271 g/mol. The van der Waals surface area contributed by atoms with Gasteiger partial charge >= 0.3 is 0 Å². The van der Waals surface area contributed by atoms with Crippen LogP contribution in [0.25, 0.3) is 0 Å². The Morgan fingerprint density at radius 2 is 2.39 bits per heavy atom. The Kier molecular flexibility index (Phi) is 3.75. The molecule has 0 saturated carbocycles. The Balaban J connectivity index is 1.84. The number of hydrogen-bond donors (Lipinski definition) is 1. The fraction of sp³-hybridized carbons (Fsp3) is 0.583. The molecule has 6 heteroatoms. The number of furan rings is 1. The molecule has 0 spiro atoms. The molecule has 0 aliphatic carbocycles. The van der Waals surface area contributed by atoms with Crippen molar-refractivity contribution < 1.29 is 17.6 Å². The van der Waals surface area contributed by atoms with E-state index in [1.165, 1.54) is 0 Å². The Labute approximate surface area is 106 Å². The average molecular weight is 271 g/mol. The van der Waals surface area contributed by atoms with Crippen LogP contribution in [0.4, 0.5) is 0 Å². The molecule has 5 nitrogen and oxygen atoms in total. The van der Waals surface area contributed by atoms with Gasteiger partial charge in [0.15, 0.2) is 9.84 Å². The Hall–Kier alpha value is -1.30. The maximum absolute atomic E-state index is 11.9. The highest BCUT2D eigenvalue weighted by molar-refractivity contribution is 7.91. The number of nitrogens with one attached hydrogen (secondary N) is 1. The number of hydrogen-bond acceptors (Lipinski definition) is 4. The van der Waals surface area contributed by atoms with Gasteiger partial charge in [-0.25, -0.2) is 8.42 Å². The third kappa shape index (κ3) is 3.35. The van der Waals surface area contributed by atoms with Gasteiger partial charge in [0.1, 0.15) is 5.76 Å². The quantitative estimate of drug-likeness (QED) is 0.877. The van der Waals surface area contributed by atoms with E-state index < -0.39 is 15.8 Å². The zero-order valence-electron chi connectivity index (χ0n) is 10.3. The molecule has 1 aromatic rings. The highest BCUT2D eigenvalue weighted by Gasteiger charge is 2.33. The Morgan fingerprint density at radius 3 is 2.94 bits per heavy atom. The van der Waals surface area contributed by atoms with E-state index in [-0.39, 0.29) is 23.5 Å². The second kappa shape index (κ2) is 5.14. The van der Waals surface area contributed by atoms with Crippen LogP contribution >= 0.6 is 0 Å². The largest absolute Gasteiger partial charge is 0.469 e. The van der Waals surface area contributed by atoms with E-state index in [1.54, 1.807) is 12.3 Å². The summed E-state index contributed by atoms with van der Waals surface area (Å²) in [4.78, 5) is 11.9. The summed E-state index contributed by atoms with van der Waals surface area (Å²) in [7, 11) is -3.01. The lowest BCUT2D eigenvalue weighted by Gasteiger charge is -2.15. The first kappa shape index (κ1) is 13.1. The van der Waals surface area contributed by atoms with Gasteiger partial charge in [-0.1, -0.05) is 0 Å². The maximum atomic E-state index is 11.9. The average Bonchev–Trinajstić information content (AvgIpc) is 2.87. The van der Waals surface area contributed by atoms with Crippen molar-refractivity contribution in [2.75, 3.05) is 11.5 Å². The lowest BCUT2D eigenvalue weighted by Crippen LogP contribution is -2.38. The second-order valence-electron chi connectivity index (χ2n) is 4.79. The molecule has 2 rings (SSSR count). The van der Waals surface area contributed by atoms with E-state index >= 15 is 0 Å². The molecule has 2 heterocycles. The summed E-state index contributed by atoms with van der Waals surface area (Å²) in [5.74, 6) is 0.343. The fourth-order valence-corrected chi connectivity index (χ4v) is 3.89. The summed E-state index contributed by atoms with van der Waals surface area (Å²) < 4.78 is 27.8. The summed E-state index contributed by atoms with van der Waals surface area (Å²) in [6, 6.07) is 3.59. The zero-order valence-corrected chi connectivity index (χ0v) is 11.1. The van der Waals surface area contributed by atoms with E-state index in [4.69, 9.17) is 4.42 Å². The van der Waals surface area contributed by atoms with E-state index in [1.807, 2.05) is 13.0 Å². The normalized spacial score (nSPS) is 23.7. The molecule has 1 saturated heterocycles. The molecule has 0 unspecified atom stereocenters. The number of sulfone groups is 1. The number of rotatable bonds is 4. The topological polar surface area (TPSA) is 76.4 Å². The summed E-state index contributed by atoms with van der Waals surface area (Å²) in [5, 5.41) is 2.83. The van der Waals surface area contributed by atoms with Gasteiger partial charge in [0.25, 0.3) is 0 Å². The standard InChI is InChI=1S/C12H17NO4S/c1-9(7-11-3-2-5-17-11)13-12(14)10-4-6-18(15,16)8-10/h2-3,5,9-10H,4,6-8H2,1H3,(H,13,14)/t9-,10+/m1/s1. The van der Waals surface area contributed by atoms with Gasteiger partial charge in [-0.2, -0.15) is 0 Å². The van der Waals surface area contributed by atoms with Crippen LogP contribution in [0.15, 0.2) is 22.8 Å². The van der Waals surface area contributed by atoms with Crippen molar-refractivity contribution in [2.24, 2.45) is 5.92 Å². The minimum absolute atomic E-state index is 0.0215. The second-order valence-corrected chi connectivity index (χ2v) is 7.02. The van der Waals surface area contributed by atoms with Crippen molar-refractivity contribution in [3.63, 3.8) is 0 Å². The smallest absolute Gasteiger partial charge is 0.224 e. The van der Waals surface area contributed by atoms with Gasteiger partial charge in [-0.05, 0) is 25.5 Å². The molecule has 1 N–H and O–H groups in total. The summed E-state index contributed by atoms with van der Waals surface area (Å²) in [5.41, 5.74) is 0. The van der Waals surface area contributed by atoms with Crippen LogP contribution in [0.2, 0.25) is 0 Å². The van der Waals surface area contributed by atoms with Crippen LogP contribution in [0, 0.1) is 5.92 Å². The van der Waals surface area contributed by atoms with E-state index in [0.29, 0.717) is 12.8 Å². The van der Waals surface area contributed by atoms with Crippen molar-refractivity contribution in [3.05, 3.63) is 24.2 Å². The first-order valence-electron chi connectivity index (χ1n) is 5.99. The van der Waals surface area contributed by atoms with E-state index in [9.17, 15) is 13.2 Å². The lowest BCUT2D eigenvalue weighted by molar-refractivity contribution is -0.124. The van der Waals surface area contributed by atoms with Gasteiger partial charge in [0.2, 0.25) is 5.91 Å². The SMILES string of the molecule is C[C@H](Cc1ccco1)NC(=O)[C@H]1CCS(=O)(=O)C1. The highest BCUT2D eigenvalue weighted by atomic mass is 32.2. The van der Waals surface area contributed by atoms with Gasteiger partial charge in [0, 0.05) is 12.5 Å². The summed E-state index contributed by atoms with van der Waals surface area (Å²) in [6.07, 6.45) is 2.63. The molecule has 0 aromatic carbocycles. The van der Waals surface area contributed by atoms with Gasteiger partial charge in [-0.3, -0.25) is 4.79 Å². The molecule has 1 fully saturated rings. The van der Waals surface area contributed by atoms with Crippen molar-refractivity contribution in [1.82, 2.24) is 5.32 Å². The predicted molar refractivity (Wildman–Crippen MR) is 66.8 cm³/mol. The molecule has 1 aromatic heterocycles. The lowest BCUT2D eigenvalue weighted by atomic mass is 10.1. The first-order chi connectivity index (χ1) is 8.46. The molecule has 0 radical (unpaired) electrons. The number of amides is 1. The molecule has 0 bridgehead atoms. The third-order valence-electron chi connectivity index (χ3n) is 3.08. The van der Waals surface area contributed by atoms with Crippen molar-refractivity contribution >= 4 is 15.7 Å². The number of carbonyl (C=O) groups excluding carboxylic acids is 1. The molecule has 1 aliphatic rings.